The molecule has 0 aromatic heterocycles. The van der Waals surface area contributed by atoms with Crippen molar-refractivity contribution in [3.8, 4) is 0 Å². The van der Waals surface area contributed by atoms with Gasteiger partial charge in [0.15, 0.2) is 19.6 Å². The molecule has 1 saturated heterocycles. The van der Waals surface area contributed by atoms with E-state index in [9.17, 15) is 19.8 Å². The van der Waals surface area contributed by atoms with E-state index in [4.69, 9.17) is 18.9 Å². The lowest BCUT2D eigenvalue weighted by molar-refractivity contribution is -0.172. The summed E-state index contributed by atoms with van der Waals surface area (Å²) in [4.78, 5) is 25.1. The van der Waals surface area contributed by atoms with Gasteiger partial charge in [-0.2, -0.15) is 0 Å². The van der Waals surface area contributed by atoms with E-state index in [2.05, 4.69) is 0 Å². The summed E-state index contributed by atoms with van der Waals surface area (Å²) in [5.74, 6) is -1.84. The standard InChI is InChI=1S/C24H30BNO8/c1-16(23(27)28)34-20(15-32-13-17-9-5-3-6-10-17)26(24(29)30)21-19(31-2)14-33-22(25-21)18-11-7-4-8-12-18/h3-12,16,19-22,25H,13-15H2,1-2H3,(H,27,28)(H,29,30)/t16-,19?,20?,21?,22?/m1/s1. The molecule has 0 saturated carbocycles. The molecule has 0 bridgehead atoms. The second kappa shape index (κ2) is 12.5. The van der Waals surface area contributed by atoms with Gasteiger partial charge in [-0.1, -0.05) is 60.7 Å². The maximum Gasteiger partial charge on any atom is 0.409 e. The molecule has 0 radical (unpaired) electrons. The highest BCUT2D eigenvalue weighted by Crippen LogP contribution is 2.27. The molecule has 1 aliphatic heterocycles. The van der Waals surface area contributed by atoms with E-state index in [0.717, 1.165) is 16.0 Å². The van der Waals surface area contributed by atoms with Crippen LogP contribution in [0.15, 0.2) is 60.7 Å². The van der Waals surface area contributed by atoms with Gasteiger partial charge < -0.3 is 29.2 Å². The first-order valence-corrected chi connectivity index (χ1v) is 11.1. The number of carbonyl (C=O) groups is 2. The summed E-state index contributed by atoms with van der Waals surface area (Å²) in [6.07, 6.45) is -4.22. The average molecular weight is 471 g/mol. The molecule has 2 N–H and O–H groups in total. The van der Waals surface area contributed by atoms with Gasteiger partial charge in [0.25, 0.3) is 0 Å². The smallest absolute Gasteiger partial charge is 0.409 e. The highest BCUT2D eigenvalue weighted by molar-refractivity contribution is 6.40. The third-order valence-corrected chi connectivity index (χ3v) is 5.79. The van der Waals surface area contributed by atoms with Crippen molar-refractivity contribution in [2.75, 3.05) is 20.3 Å². The third-order valence-electron chi connectivity index (χ3n) is 5.79. The van der Waals surface area contributed by atoms with Gasteiger partial charge in [0.2, 0.25) is 0 Å². The second-order valence-electron chi connectivity index (χ2n) is 8.07. The summed E-state index contributed by atoms with van der Waals surface area (Å²) in [6, 6.07) is 18.6. The van der Waals surface area contributed by atoms with Crippen molar-refractivity contribution in [1.82, 2.24) is 4.90 Å². The molecule has 1 aliphatic rings. The second-order valence-corrected chi connectivity index (χ2v) is 8.07. The molecule has 1 amide bonds. The first-order chi connectivity index (χ1) is 16.4. The third kappa shape index (κ3) is 6.80. The van der Waals surface area contributed by atoms with E-state index in [0.29, 0.717) is 7.28 Å². The van der Waals surface area contributed by atoms with Crippen molar-refractivity contribution in [2.45, 2.75) is 43.9 Å². The van der Waals surface area contributed by atoms with Crippen LogP contribution in [-0.4, -0.2) is 79.2 Å². The van der Waals surface area contributed by atoms with Gasteiger partial charge in [-0.3, -0.25) is 4.90 Å². The predicted molar refractivity (Wildman–Crippen MR) is 125 cm³/mol. The first kappa shape index (κ1) is 25.7. The molecule has 9 nitrogen and oxygen atoms in total. The van der Waals surface area contributed by atoms with Gasteiger partial charge in [0.1, 0.15) is 0 Å². The average Bonchev–Trinajstić information content (AvgIpc) is 2.85. The molecule has 182 valence electrons. The van der Waals surface area contributed by atoms with Crippen LogP contribution in [0, 0.1) is 0 Å². The summed E-state index contributed by atoms with van der Waals surface area (Å²) in [5.41, 5.74) is 1.82. The number of hydrogen-bond donors (Lipinski definition) is 2. The van der Waals surface area contributed by atoms with Gasteiger partial charge in [0.05, 0.1) is 31.9 Å². The lowest BCUT2D eigenvalue weighted by Crippen LogP contribution is -2.61. The molecule has 5 atom stereocenters. The maximum atomic E-state index is 12.5. The molecule has 1 heterocycles. The Morgan fingerprint density at radius 3 is 2.35 bits per heavy atom. The Balaban J connectivity index is 1.83. The molecule has 34 heavy (non-hydrogen) atoms. The Bertz CT molecular complexity index is 916. The van der Waals surface area contributed by atoms with E-state index in [1.165, 1.54) is 14.0 Å². The number of hydrogen-bond acceptors (Lipinski definition) is 6. The van der Waals surface area contributed by atoms with Gasteiger partial charge in [-0.25, -0.2) is 9.59 Å². The molecular weight excluding hydrogens is 441 g/mol. The van der Waals surface area contributed by atoms with Crippen LogP contribution in [-0.2, 0) is 30.3 Å². The van der Waals surface area contributed by atoms with Crippen LogP contribution < -0.4 is 0 Å². The van der Waals surface area contributed by atoms with E-state index in [-0.39, 0.29) is 25.8 Å². The minimum atomic E-state index is -1.26. The van der Waals surface area contributed by atoms with Crippen molar-refractivity contribution >= 4 is 19.3 Å². The quantitative estimate of drug-likeness (QED) is 0.380. The van der Waals surface area contributed by atoms with E-state index in [1.54, 1.807) is 0 Å². The molecular formula is C24H30BNO8. The Morgan fingerprint density at radius 2 is 1.76 bits per heavy atom. The Labute approximate surface area is 199 Å². The number of benzene rings is 2. The minimum Gasteiger partial charge on any atom is -0.479 e. The van der Waals surface area contributed by atoms with Crippen molar-refractivity contribution in [1.29, 1.82) is 0 Å². The number of carboxylic acid groups (broad SMARTS) is 2. The van der Waals surface area contributed by atoms with Crippen LogP contribution in [0.2, 0.25) is 0 Å². The molecule has 2 aromatic carbocycles. The SMILES string of the molecule is COC1COC(c2ccccc2)BC1N(C(=O)O)C(COCc1ccccc1)O[C@H](C)C(=O)O. The fourth-order valence-corrected chi connectivity index (χ4v) is 3.99. The fraction of sp³-hybridized carbons (Fsp3) is 0.417. The number of aliphatic carboxylic acids is 1. The largest absolute Gasteiger partial charge is 0.479 e. The summed E-state index contributed by atoms with van der Waals surface area (Å²) in [7, 11) is 1.81. The number of methoxy groups -OCH3 is 1. The number of carboxylic acids is 1. The van der Waals surface area contributed by atoms with Crippen molar-refractivity contribution < 1.29 is 38.7 Å². The van der Waals surface area contributed by atoms with Crippen molar-refractivity contribution in [3.63, 3.8) is 0 Å². The Hall–Kier alpha value is -2.92. The van der Waals surface area contributed by atoms with Crippen molar-refractivity contribution in [2.24, 2.45) is 0 Å². The monoisotopic (exact) mass is 471 g/mol. The minimum absolute atomic E-state index is 0.150. The van der Waals surface area contributed by atoms with Crippen LogP contribution in [0.3, 0.4) is 0 Å². The summed E-state index contributed by atoms with van der Waals surface area (Å²) in [6.45, 7) is 1.61. The van der Waals surface area contributed by atoms with Crippen LogP contribution in [0.1, 0.15) is 24.1 Å². The topological polar surface area (TPSA) is 115 Å². The summed E-state index contributed by atoms with van der Waals surface area (Å²) < 4.78 is 23.0. The molecule has 4 unspecified atom stereocenters. The Kier molecular flexibility index (Phi) is 9.47. The zero-order chi connectivity index (χ0) is 24.5. The predicted octanol–water partition coefficient (Wildman–Crippen LogP) is 2.51. The zero-order valence-electron chi connectivity index (χ0n) is 19.3. The lowest BCUT2D eigenvalue weighted by atomic mass is 9.58. The number of rotatable bonds is 11. The van der Waals surface area contributed by atoms with Gasteiger partial charge in [0, 0.05) is 13.1 Å². The van der Waals surface area contributed by atoms with Crippen molar-refractivity contribution in [3.05, 3.63) is 71.8 Å². The van der Waals surface area contributed by atoms with Gasteiger partial charge in [-0.05, 0) is 18.1 Å². The lowest BCUT2D eigenvalue weighted by Gasteiger charge is -2.43. The van der Waals surface area contributed by atoms with Gasteiger partial charge >= 0.3 is 12.1 Å². The van der Waals surface area contributed by atoms with E-state index in [1.807, 2.05) is 60.7 Å². The fourth-order valence-electron chi connectivity index (χ4n) is 3.99. The van der Waals surface area contributed by atoms with E-state index >= 15 is 0 Å². The number of nitrogens with zero attached hydrogens (tertiary/aromatic N) is 1. The van der Waals surface area contributed by atoms with Crippen LogP contribution >= 0.6 is 0 Å². The van der Waals surface area contributed by atoms with E-state index < -0.39 is 36.4 Å². The van der Waals surface area contributed by atoms with Crippen LogP contribution in [0.4, 0.5) is 4.79 Å². The van der Waals surface area contributed by atoms with Crippen LogP contribution in [0.5, 0.6) is 0 Å². The highest BCUT2D eigenvalue weighted by atomic mass is 16.6. The molecule has 0 aliphatic carbocycles. The molecule has 2 aromatic rings. The maximum absolute atomic E-state index is 12.5. The Morgan fingerprint density at radius 1 is 1.12 bits per heavy atom. The molecule has 1 fully saturated rings. The number of amides is 1. The normalized spacial score (nSPS) is 21.8. The summed E-state index contributed by atoms with van der Waals surface area (Å²) >= 11 is 0. The molecule has 3 rings (SSSR count). The van der Waals surface area contributed by atoms with Gasteiger partial charge in [-0.15, -0.1) is 0 Å². The van der Waals surface area contributed by atoms with Crippen LogP contribution in [0.25, 0.3) is 0 Å². The highest BCUT2D eigenvalue weighted by Gasteiger charge is 2.43. The summed E-state index contributed by atoms with van der Waals surface area (Å²) in [5, 5.41) is 19.6. The zero-order valence-corrected chi connectivity index (χ0v) is 19.3. The molecule has 0 spiro atoms. The first-order valence-electron chi connectivity index (χ1n) is 11.1. The molecule has 10 heteroatoms. The number of ether oxygens (including phenoxy) is 4.